The summed E-state index contributed by atoms with van der Waals surface area (Å²) in [5.74, 6) is 0. The summed E-state index contributed by atoms with van der Waals surface area (Å²) in [7, 11) is -3.75. The molecule has 0 fully saturated rings. The molecule has 0 spiro atoms. The van der Waals surface area contributed by atoms with Crippen LogP contribution in [0.15, 0.2) is 59.8 Å². The number of aromatic nitrogens is 2. The molecular formula is C16H14ClN3O2S. The zero-order chi connectivity index (χ0) is 16.4. The van der Waals surface area contributed by atoms with Crippen molar-refractivity contribution < 1.29 is 8.42 Å². The highest BCUT2D eigenvalue weighted by atomic mass is 35.5. The Morgan fingerprint density at radius 3 is 2.61 bits per heavy atom. The lowest BCUT2D eigenvalue weighted by molar-refractivity contribution is 0.601. The molecule has 0 atom stereocenters. The Bertz CT molecular complexity index is 951. The molecule has 5 nitrogen and oxygen atoms in total. The maximum Gasteiger partial charge on any atom is 0.263 e. The number of imidazole rings is 1. The summed E-state index contributed by atoms with van der Waals surface area (Å²) in [5.41, 5.74) is 2.97. The molecular weight excluding hydrogens is 334 g/mol. The molecule has 0 amide bonds. The topological polar surface area (TPSA) is 74.8 Å². The molecule has 0 bridgehead atoms. The van der Waals surface area contributed by atoms with Crippen LogP contribution in [0.2, 0.25) is 5.02 Å². The third-order valence-corrected chi connectivity index (χ3v) is 5.23. The van der Waals surface area contributed by atoms with E-state index >= 15 is 0 Å². The number of benzene rings is 2. The van der Waals surface area contributed by atoms with Gasteiger partial charge < -0.3 is 4.98 Å². The molecule has 7 heteroatoms. The van der Waals surface area contributed by atoms with E-state index in [0.29, 0.717) is 5.69 Å². The molecule has 0 saturated heterocycles. The van der Waals surface area contributed by atoms with Gasteiger partial charge in [-0.3, -0.25) is 4.72 Å². The maximum atomic E-state index is 12.5. The van der Waals surface area contributed by atoms with E-state index in [2.05, 4.69) is 14.7 Å². The Morgan fingerprint density at radius 1 is 1.13 bits per heavy atom. The van der Waals surface area contributed by atoms with E-state index in [1.807, 2.05) is 13.0 Å². The van der Waals surface area contributed by atoms with Crippen LogP contribution in [0.3, 0.4) is 0 Å². The van der Waals surface area contributed by atoms with E-state index in [9.17, 15) is 8.42 Å². The van der Waals surface area contributed by atoms with Crippen molar-refractivity contribution in [2.24, 2.45) is 0 Å². The van der Waals surface area contributed by atoms with Crippen LogP contribution in [-0.2, 0) is 10.0 Å². The number of rotatable bonds is 4. The average molecular weight is 348 g/mol. The summed E-state index contributed by atoms with van der Waals surface area (Å²) in [6.45, 7) is 1.91. The van der Waals surface area contributed by atoms with Gasteiger partial charge in [0.25, 0.3) is 10.0 Å². The number of sulfonamides is 1. The number of H-pyrrole nitrogens is 1. The first kappa shape index (κ1) is 15.6. The number of hydrogen-bond acceptors (Lipinski definition) is 3. The third kappa shape index (κ3) is 3.23. The van der Waals surface area contributed by atoms with Gasteiger partial charge in [-0.25, -0.2) is 13.4 Å². The van der Waals surface area contributed by atoms with Crippen LogP contribution in [0.4, 0.5) is 5.69 Å². The van der Waals surface area contributed by atoms with Crippen LogP contribution in [0.1, 0.15) is 5.69 Å². The summed E-state index contributed by atoms with van der Waals surface area (Å²) in [4.78, 5) is 7.29. The third-order valence-electron chi connectivity index (χ3n) is 3.34. The van der Waals surface area contributed by atoms with Gasteiger partial charge in [0.05, 0.1) is 17.0 Å². The van der Waals surface area contributed by atoms with Crippen molar-refractivity contribution in [3.8, 4) is 11.3 Å². The predicted molar refractivity (Wildman–Crippen MR) is 91.0 cm³/mol. The lowest BCUT2D eigenvalue weighted by atomic mass is 10.1. The number of nitrogens with zero attached hydrogens (tertiary/aromatic N) is 1. The molecule has 0 saturated carbocycles. The first-order chi connectivity index (χ1) is 11.0. The van der Waals surface area contributed by atoms with Crippen molar-refractivity contribution >= 4 is 27.3 Å². The minimum Gasteiger partial charge on any atom is -0.348 e. The van der Waals surface area contributed by atoms with E-state index in [4.69, 9.17) is 11.6 Å². The normalized spacial score (nSPS) is 11.4. The van der Waals surface area contributed by atoms with E-state index in [1.54, 1.807) is 42.7 Å². The molecule has 3 aromatic rings. The van der Waals surface area contributed by atoms with Crippen LogP contribution < -0.4 is 4.72 Å². The van der Waals surface area contributed by atoms with Crippen LogP contribution in [0, 0.1) is 6.92 Å². The van der Waals surface area contributed by atoms with E-state index in [1.165, 1.54) is 6.07 Å². The Kier molecular flexibility index (Phi) is 4.11. The molecule has 1 aromatic heterocycles. The van der Waals surface area contributed by atoms with Gasteiger partial charge >= 0.3 is 0 Å². The van der Waals surface area contributed by atoms with Crippen molar-refractivity contribution in [1.29, 1.82) is 0 Å². The fraction of sp³-hybridized carbons (Fsp3) is 0.0625. The Labute approximate surface area is 139 Å². The highest BCUT2D eigenvalue weighted by Crippen LogP contribution is 2.26. The minimum atomic E-state index is -3.75. The van der Waals surface area contributed by atoms with Crippen LogP contribution in [0.5, 0.6) is 0 Å². The molecule has 0 aliphatic heterocycles. The van der Waals surface area contributed by atoms with Crippen molar-refractivity contribution in [3.63, 3.8) is 0 Å². The zero-order valence-corrected chi connectivity index (χ0v) is 13.8. The molecule has 23 heavy (non-hydrogen) atoms. The molecule has 1 heterocycles. The molecule has 118 valence electrons. The van der Waals surface area contributed by atoms with Crippen LogP contribution >= 0.6 is 11.6 Å². The highest BCUT2D eigenvalue weighted by molar-refractivity contribution is 7.92. The standard InChI is InChI=1S/C16H14ClN3O2S/c1-11-16(19-10-18-11)12-5-4-6-13(9-12)20-23(21,22)15-8-3-2-7-14(15)17/h2-10,20H,1H3,(H,18,19). The molecule has 2 aromatic carbocycles. The summed E-state index contributed by atoms with van der Waals surface area (Å²) in [6.07, 6.45) is 1.60. The van der Waals surface area contributed by atoms with Gasteiger partial charge in [0.15, 0.2) is 0 Å². The fourth-order valence-corrected chi connectivity index (χ4v) is 3.82. The molecule has 0 aliphatic carbocycles. The molecule has 0 radical (unpaired) electrons. The summed E-state index contributed by atoms with van der Waals surface area (Å²) in [5, 5.41) is 0.180. The number of nitrogens with one attached hydrogen (secondary N) is 2. The predicted octanol–water partition coefficient (Wildman–Crippen LogP) is 3.84. The van der Waals surface area contributed by atoms with Crippen molar-refractivity contribution in [2.45, 2.75) is 11.8 Å². The average Bonchev–Trinajstić information content (AvgIpc) is 2.93. The van der Waals surface area contributed by atoms with E-state index in [0.717, 1.165) is 17.0 Å². The smallest absolute Gasteiger partial charge is 0.263 e. The van der Waals surface area contributed by atoms with Gasteiger partial charge in [-0.2, -0.15) is 0 Å². The van der Waals surface area contributed by atoms with Gasteiger partial charge in [-0.1, -0.05) is 35.9 Å². The lowest BCUT2D eigenvalue weighted by Crippen LogP contribution is -2.13. The van der Waals surface area contributed by atoms with Gasteiger partial charge in [0.2, 0.25) is 0 Å². The minimum absolute atomic E-state index is 0.0445. The fourth-order valence-electron chi connectivity index (χ4n) is 2.25. The maximum absolute atomic E-state index is 12.5. The van der Waals surface area contributed by atoms with Gasteiger partial charge in [-0.05, 0) is 31.2 Å². The zero-order valence-electron chi connectivity index (χ0n) is 12.2. The Morgan fingerprint density at radius 2 is 1.91 bits per heavy atom. The molecule has 2 N–H and O–H groups in total. The van der Waals surface area contributed by atoms with Gasteiger partial charge in [-0.15, -0.1) is 0 Å². The Balaban J connectivity index is 1.95. The quantitative estimate of drug-likeness (QED) is 0.753. The summed E-state index contributed by atoms with van der Waals surface area (Å²) < 4.78 is 27.5. The number of halogens is 1. The summed E-state index contributed by atoms with van der Waals surface area (Å²) >= 11 is 5.97. The van der Waals surface area contributed by atoms with Crippen molar-refractivity contribution in [2.75, 3.05) is 4.72 Å². The van der Waals surface area contributed by atoms with Crippen molar-refractivity contribution in [3.05, 3.63) is 65.6 Å². The van der Waals surface area contributed by atoms with Crippen LogP contribution in [0.25, 0.3) is 11.3 Å². The first-order valence-corrected chi connectivity index (χ1v) is 8.71. The van der Waals surface area contributed by atoms with Gasteiger partial charge in [0.1, 0.15) is 4.90 Å². The largest absolute Gasteiger partial charge is 0.348 e. The monoisotopic (exact) mass is 347 g/mol. The second kappa shape index (κ2) is 6.06. The molecule has 3 rings (SSSR count). The number of aromatic amines is 1. The van der Waals surface area contributed by atoms with E-state index in [-0.39, 0.29) is 9.92 Å². The summed E-state index contributed by atoms with van der Waals surface area (Å²) in [6, 6.07) is 13.4. The number of aryl methyl sites for hydroxylation is 1. The number of anilines is 1. The van der Waals surface area contributed by atoms with E-state index < -0.39 is 10.0 Å². The lowest BCUT2D eigenvalue weighted by Gasteiger charge is -2.10. The highest BCUT2D eigenvalue weighted by Gasteiger charge is 2.17. The molecule has 0 unspecified atom stereocenters. The second-order valence-electron chi connectivity index (χ2n) is 4.99. The van der Waals surface area contributed by atoms with Crippen molar-refractivity contribution in [1.82, 2.24) is 9.97 Å². The molecule has 0 aliphatic rings. The number of hydrogen-bond donors (Lipinski definition) is 2. The van der Waals surface area contributed by atoms with Crippen LogP contribution in [-0.4, -0.2) is 18.4 Å². The first-order valence-electron chi connectivity index (χ1n) is 6.85. The van der Waals surface area contributed by atoms with Gasteiger partial charge in [0, 0.05) is 16.9 Å². The Hall–Kier alpha value is -2.31. The second-order valence-corrected chi connectivity index (χ2v) is 7.05. The SMILES string of the molecule is Cc1[nH]cnc1-c1cccc(NS(=O)(=O)c2ccccc2Cl)c1.